The normalized spacial score (nSPS) is 11.0. The Morgan fingerprint density at radius 1 is 1.31 bits per heavy atom. The summed E-state index contributed by atoms with van der Waals surface area (Å²) in [4.78, 5) is 18.1. The number of pyridine rings is 2. The Morgan fingerprint density at radius 3 is 2.72 bits per heavy atom. The maximum Gasteiger partial charge on any atom is 0.404 e. The second kappa shape index (κ2) is 8.07. The summed E-state index contributed by atoms with van der Waals surface area (Å²) in [6.07, 6.45) is 3.55. The summed E-state index contributed by atoms with van der Waals surface area (Å²) >= 11 is 0. The summed E-state index contributed by atoms with van der Waals surface area (Å²) in [5.41, 5.74) is -0.544. The minimum Gasteiger partial charge on any atom is -0.465 e. The van der Waals surface area contributed by atoms with Gasteiger partial charge in [0.15, 0.2) is 5.82 Å². The van der Waals surface area contributed by atoms with Crippen molar-refractivity contribution in [2.24, 2.45) is 0 Å². The number of carboxylic acid groups (broad SMARTS) is 1. The van der Waals surface area contributed by atoms with Gasteiger partial charge in [0.1, 0.15) is 22.4 Å². The molecule has 2 N–H and O–H groups in total. The van der Waals surface area contributed by atoms with E-state index in [1.165, 1.54) is 36.7 Å². The van der Waals surface area contributed by atoms with Crippen LogP contribution >= 0.6 is 0 Å². The fourth-order valence-electron chi connectivity index (χ4n) is 2.72. The van der Waals surface area contributed by atoms with Gasteiger partial charge in [0.25, 0.3) is 10.0 Å². The van der Waals surface area contributed by atoms with Crippen LogP contribution < -0.4 is 5.32 Å². The standard InChI is InChI=1S/C18H14FN5O4S/c19-16-12(5-8-23-18(25)26)11-24(29(27,28)13-3-1-6-21-10-13)17(16)14-4-2-7-22-15(14)9-20/h1-4,6-7,10-11,23H,5,8H2,(H,25,26). The van der Waals surface area contributed by atoms with Gasteiger partial charge in [0, 0.05) is 42.5 Å². The van der Waals surface area contributed by atoms with E-state index in [-0.39, 0.29) is 40.4 Å². The number of nitriles is 1. The Balaban J connectivity index is 2.21. The number of rotatable bonds is 6. The highest BCUT2D eigenvalue weighted by molar-refractivity contribution is 7.90. The molecule has 11 heteroatoms. The minimum atomic E-state index is -4.25. The van der Waals surface area contributed by atoms with Gasteiger partial charge >= 0.3 is 6.09 Å². The highest BCUT2D eigenvalue weighted by atomic mass is 32.2. The number of hydrogen-bond donors (Lipinski definition) is 2. The van der Waals surface area contributed by atoms with E-state index in [0.29, 0.717) is 0 Å². The van der Waals surface area contributed by atoms with Crippen LogP contribution in [0.4, 0.5) is 9.18 Å². The van der Waals surface area contributed by atoms with Crippen LogP contribution in [0.2, 0.25) is 0 Å². The topological polar surface area (TPSA) is 138 Å². The lowest BCUT2D eigenvalue weighted by molar-refractivity contribution is 0.194. The Bertz CT molecular complexity index is 1200. The van der Waals surface area contributed by atoms with Crippen molar-refractivity contribution in [3.63, 3.8) is 0 Å². The van der Waals surface area contributed by atoms with E-state index in [9.17, 15) is 18.5 Å². The van der Waals surface area contributed by atoms with Crippen LogP contribution in [0.3, 0.4) is 0 Å². The Kier molecular flexibility index (Phi) is 5.56. The molecular weight excluding hydrogens is 401 g/mol. The van der Waals surface area contributed by atoms with E-state index in [1.54, 1.807) is 0 Å². The number of aromatic nitrogens is 3. The molecule has 3 aromatic rings. The molecule has 3 aromatic heterocycles. The predicted octanol–water partition coefficient (Wildman–Crippen LogP) is 2.00. The molecule has 0 saturated carbocycles. The third kappa shape index (κ3) is 3.92. The summed E-state index contributed by atoms with van der Waals surface area (Å²) in [6, 6.07) is 7.39. The molecule has 0 aromatic carbocycles. The van der Waals surface area contributed by atoms with E-state index < -0.39 is 21.9 Å². The van der Waals surface area contributed by atoms with Crippen molar-refractivity contribution < 1.29 is 22.7 Å². The minimum absolute atomic E-state index is 0.00240. The lowest BCUT2D eigenvalue weighted by atomic mass is 10.1. The van der Waals surface area contributed by atoms with Crippen molar-refractivity contribution in [2.75, 3.05) is 6.54 Å². The predicted molar refractivity (Wildman–Crippen MR) is 98.9 cm³/mol. The van der Waals surface area contributed by atoms with Crippen LogP contribution in [-0.2, 0) is 16.4 Å². The zero-order valence-electron chi connectivity index (χ0n) is 14.8. The third-order valence-corrected chi connectivity index (χ3v) is 5.66. The summed E-state index contributed by atoms with van der Waals surface area (Å²) in [5.74, 6) is -0.880. The number of hydrogen-bond acceptors (Lipinski definition) is 6. The van der Waals surface area contributed by atoms with Crippen molar-refractivity contribution in [3.8, 4) is 17.3 Å². The number of amides is 1. The quantitative estimate of drug-likeness (QED) is 0.628. The maximum atomic E-state index is 15.3. The van der Waals surface area contributed by atoms with Crippen molar-refractivity contribution in [1.82, 2.24) is 19.3 Å². The molecule has 29 heavy (non-hydrogen) atoms. The fraction of sp³-hybridized carbons (Fsp3) is 0.111. The molecule has 0 atom stereocenters. The Labute approximate surface area is 165 Å². The zero-order chi connectivity index (χ0) is 21.0. The number of carbonyl (C=O) groups is 1. The van der Waals surface area contributed by atoms with E-state index in [1.807, 2.05) is 6.07 Å². The van der Waals surface area contributed by atoms with Gasteiger partial charge in [-0.1, -0.05) is 0 Å². The van der Waals surface area contributed by atoms with Crippen LogP contribution in [0, 0.1) is 17.1 Å². The van der Waals surface area contributed by atoms with Gasteiger partial charge in [-0.3, -0.25) is 4.98 Å². The molecule has 0 bridgehead atoms. The zero-order valence-corrected chi connectivity index (χ0v) is 15.6. The molecule has 1 amide bonds. The van der Waals surface area contributed by atoms with Crippen molar-refractivity contribution in [1.29, 1.82) is 5.26 Å². The first-order chi connectivity index (χ1) is 13.9. The molecule has 3 rings (SSSR count). The summed E-state index contributed by atoms with van der Waals surface area (Å²) < 4.78 is 42.2. The number of halogens is 1. The van der Waals surface area contributed by atoms with Gasteiger partial charge < -0.3 is 10.4 Å². The second-order valence-electron chi connectivity index (χ2n) is 5.80. The second-order valence-corrected chi connectivity index (χ2v) is 7.61. The average molecular weight is 415 g/mol. The molecule has 0 unspecified atom stereocenters. The van der Waals surface area contributed by atoms with Crippen molar-refractivity contribution >= 4 is 16.1 Å². The first kappa shape index (κ1) is 20.0. The molecule has 0 spiro atoms. The molecule has 0 saturated heterocycles. The van der Waals surface area contributed by atoms with Crippen LogP contribution in [0.25, 0.3) is 11.3 Å². The third-order valence-electron chi connectivity index (χ3n) is 4.01. The monoisotopic (exact) mass is 415 g/mol. The highest BCUT2D eigenvalue weighted by Crippen LogP contribution is 2.32. The van der Waals surface area contributed by atoms with Gasteiger partial charge in [-0.05, 0) is 30.7 Å². The molecular formula is C18H14FN5O4S. The molecule has 0 aliphatic carbocycles. The van der Waals surface area contributed by atoms with E-state index in [0.717, 1.165) is 16.4 Å². The van der Waals surface area contributed by atoms with Crippen LogP contribution in [0.1, 0.15) is 11.3 Å². The Hall–Kier alpha value is -3.78. The van der Waals surface area contributed by atoms with Crippen LogP contribution in [-0.4, -0.2) is 40.1 Å². The maximum absolute atomic E-state index is 15.3. The lowest BCUT2D eigenvalue weighted by Crippen LogP contribution is -2.23. The molecule has 0 aliphatic rings. The number of nitrogens with zero attached hydrogens (tertiary/aromatic N) is 4. The van der Waals surface area contributed by atoms with Gasteiger partial charge in [0.2, 0.25) is 0 Å². The molecule has 9 nitrogen and oxygen atoms in total. The van der Waals surface area contributed by atoms with Crippen molar-refractivity contribution in [2.45, 2.75) is 11.3 Å². The van der Waals surface area contributed by atoms with Gasteiger partial charge in [-0.15, -0.1) is 0 Å². The fourth-order valence-corrected chi connectivity index (χ4v) is 4.07. The first-order valence-electron chi connectivity index (χ1n) is 8.24. The largest absolute Gasteiger partial charge is 0.465 e. The smallest absolute Gasteiger partial charge is 0.404 e. The molecule has 0 fully saturated rings. The highest BCUT2D eigenvalue weighted by Gasteiger charge is 2.28. The molecule has 0 radical (unpaired) electrons. The molecule has 0 aliphatic heterocycles. The SMILES string of the molecule is N#Cc1ncccc1-c1c(F)c(CCNC(=O)O)cn1S(=O)(=O)c1cccnc1. The lowest BCUT2D eigenvalue weighted by Gasteiger charge is -2.11. The van der Waals surface area contributed by atoms with Crippen molar-refractivity contribution in [3.05, 3.63) is 66.1 Å². The van der Waals surface area contributed by atoms with Gasteiger partial charge in [0.05, 0.1) is 0 Å². The van der Waals surface area contributed by atoms with E-state index >= 15 is 4.39 Å². The Morgan fingerprint density at radius 2 is 2.07 bits per heavy atom. The van der Waals surface area contributed by atoms with Crippen LogP contribution in [0.5, 0.6) is 0 Å². The molecule has 148 valence electrons. The first-order valence-corrected chi connectivity index (χ1v) is 9.68. The summed E-state index contributed by atoms with van der Waals surface area (Å²) in [6.45, 7) is -0.124. The van der Waals surface area contributed by atoms with E-state index in [4.69, 9.17) is 5.11 Å². The summed E-state index contributed by atoms with van der Waals surface area (Å²) in [5, 5.41) is 20.1. The summed E-state index contributed by atoms with van der Waals surface area (Å²) in [7, 11) is -4.25. The van der Waals surface area contributed by atoms with Gasteiger partial charge in [-0.2, -0.15) is 5.26 Å². The number of nitrogens with one attached hydrogen (secondary N) is 1. The van der Waals surface area contributed by atoms with E-state index in [2.05, 4.69) is 15.3 Å². The van der Waals surface area contributed by atoms with Gasteiger partial charge in [-0.25, -0.2) is 26.6 Å². The molecule has 3 heterocycles. The van der Waals surface area contributed by atoms with Crippen LogP contribution in [0.15, 0.2) is 53.9 Å². The average Bonchev–Trinajstić information content (AvgIpc) is 3.05.